The van der Waals surface area contributed by atoms with E-state index in [1.165, 1.54) is 0 Å². The zero-order valence-electron chi connectivity index (χ0n) is 18.8. The van der Waals surface area contributed by atoms with Gasteiger partial charge in [-0.15, -0.1) is 0 Å². The highest BCUT2D eigenvalue weighted by molar-refractivity contribution is 5.95. The van der Waals surface area contributed by atoms with Crippen molar-refractivity contribution in [2.45, 2.75) is 20.0 Å². The quantitative estimate of drug-likeness (QED) is 0.627. The van der Waals surface area contributed by atoms with Crippen molar-refractivity contribution < 1.29 is 14.3 Å². The number of benzene rings is 2. The Labute approximate surface area is 193 Å². The lowest BCUT2D eigenvalue weighted by Gasteiger charge is -2.36. The van der Waals surface area contributed by atoms with Crippen LogP contribution in [0.5, 0.6) is 5.75 Å². The van der Waals surface area contributed by atoms with Gasteiger partial charge in [-0.1, -0.05) is 18.2 Å². The van der Waals surface area contributed by atoms with Gasteiger partial charge >= 0.3 is 0 Å². The summed E-state index contributed by atoms with van der Waals surface area (Å²) in [5.41, 5.74) is 2.39. The van der Waals surface area contributed by atoms with Gasteiger partial charge in [0.2, 0.25) is 5.95 Å². The molecule has 33 heavy (non-hydrogen) atoms. The van der Waals surface area contributed by atoms with Crippen molar-refractivity contribution >= 4 is 23.5 Å². The van der Waals surface area contributed by atoms with Gasteiger partial charge in [-0.25, -0.2) is 9.97 Å². The molecule has 8 nitrogen and oxygen atoms in total. The average molecular weight is 446 g/mol. The molecule has 2 aromatic carbocycles. The molecule has 1 fully saturated rings. The summed E-state index contributed by atoms with van der Waals surface area (Å²) < 4.78 is 5.87. The highest BCUT2D eigenvalue weighted by atomic mass is 16.5. The monoisotopic (exact) mass is 445 g/mol. The number of ether oxygens (including phenoxy) is 1. The van der Waals surface area contributed by atoms with Gasteiger partial charge in [0.25, 0.3) is 11.8 Å². The zero-order valence-corrected chi connectivity index (χ0v) is 18.8. The van der Waals surface area contributed by atoms with Crippen LogP contribution in [0.4, 0.5) is 11.6 Å². The van der Waals surface area contributed by atoms with E-state index in [1.807, 2.05) is 43.3 Å². The summed E-state index contributed by atoms with van der Waals surface area (Å²) in [5.74, 6) is 1.10. The number of aryl methyl sites for hydroxylation is 1. The smallest absolute Gasteiger partial charge is 0.263 e. The van der Waals surface area contributed by atoms with Gasteiger partial charge in [0.15, 0.2) is 6.10 Å². The Morgan fingerprint density at radius 2 is 1.55 bits per heavy atom. The third-order valence-corrected chi connectivity index (χ3v) is 5.58. The number of carbonyl (C=O) groups is 2. The summed E-state index contributed by atoms with van der Waals surface area (Å²) in [5, 5.41) is 3.10. The summed E-state index contributed by atoms with van der Waals surface area (Å²) in [6.07, 6.45) is 2.74. The molecule has 4 rings (SSSR count). The van der Waals surface area contributed by atoms with Crippen molar-refractivity contribution in [1.29, 1.82) is 0 Å². The maximum absolute atomic E-state index is 12.9. The highest BCUT2D eigenvalue weighted by Crippen LogP contribution is 2.19. The fourth-order valence-corrected chi connectivity index (χ4v) is 3.69. The van der Waals surface area contributed by atoms with Crippen LogP contribution >= 0.6 is 0 Å². The van der Waals surface area contributed by atoms with Crippen LogP contribution in [0.15, 0.2) is 67.0 Å². The lowest BCUT2D eigenvalue weighted by atomic mass is 10.1. The largest absolute Gasteiger partial charge is 0.481 e. The molecule has 2 heterocycles. The zero-order chi connectivity index (χ0) is 23.2. The number of nitrogens with zero attached hydrogens (tertiary/aromatic N) is 4. The highest BCUT2D eigenvalue weighted by Gasteiger charge is 2.28. The molecule has 1 atom stereocenters. The van der Waals surface area contributed by atoms with Crippen LogP contribution in [-0.2, 0) is 4.79 Å². The number of carbonyl (C=O) groups excluding carboxylic acids is 2. The molecule has 1 N–H and O–H groups in total. The van der Waals surface area contributed by atoms with Gasteiger partial charge in [0.1, 0.15) is 5.75 Å². The molecule has 1 aliphatic heterocycles. The Morgan fingerprint density at radius 3 is 2.21 bits per heavy atom. The Balaban J connectivity index is 1.29. The minimum atomic E-state index is -0.581. The first kappa shape index (κ1) is 22.3. The number of para-hydroxylation sites is 1. The average Bonchev–Trinajstić information content (AvgIpc) is 2.86. The molecule has 170 valence electrons. The van der Waals surface area contributed by atoms with E-state index < -0.39 is 6.10 Å². The first-order valence-corrected chi connectivity index (χ1v) is 11.0. The third-order valence-electron chi connectivity index (χ3n) is 5.58. The van der Waals surface area contributed by atoms with Gasteiger partial charge in [-0.2, -0.15) is 0 Å². The first-order chi connectivity index (χ1) is 16.0. The normalized spacial score (nSPS) is 14.5. The van der Waals surface area contributed by atoms with Crippen molar-refractivity contribution in [2.24, 2.45) is 0 Å². The maximum Gasteiger partial charge on any atom is 0.263 e. The summed E-state index contributed by atoms with van der Waals surface area (Å²) in [6.45, 7) is 5.66. The van der Waals surface area contributed by atoms with Crippen molar-refractivity contribution in [3.63, 3.8) is 0 Å². The Kier molecular flexibility index (Phi) is 6.83. The standard InChI is InChI=1S/C25H27N5O3/c1-18-6-3-4-7-22(18)33-19(2)23(31)29-14-16-30(17-15-29)24(32)20-8-10-21(11-9-20)28-25-26-12-5-13-27-25/h3-13,19H,14-17H2,1-2H3,(H,26,27,28). The van der Waals surface area contributed by atoms with E-state index in [1.54, 1.807) is 47.3 Å². The van der Waals surface area contributed by atoms with Gasteiger partial charge in [-0.3, -0.25) is 9.59 Å². The van der Waals surface area contributed by atoms with Gasteiger partial charge < -0.3 is 19.9 Å². The van der Waals surface area contributed by atoms with Gasteiger partial charge in [0, 0.05) is 49.8 Å². The topological polar surface area (TPSA) is 87.7 Å². The molecule has 0 aliphatic carbocycles. The number of rotatable bonds is 6. The van der Waals surface area contributed by atoms with E-state index in [0.29, 0.717) is 43.4 Å². The van der Waals surface area contributed by atoms with Crippen LogP contribution in [0.3, 0.4) is 0 Å². The molecule has 1 unspecified atom stereocenters. The van der Waals surface area contributed by atoms with E-state index in [9.17, 15) is 9.59 Å². The number of anilines is 2. The van der Waals surface area contributed by atoms with Crippen LogP contribution < -0.4 is 10.1 Å². The summed E-state index contributed by atoms with van der Waals surface area (Å²) in [4.78, 5) is 37.5. The number of hydrogen-bond acceptors (Lipinski definition) is 6. The molecule has 1 aliphatic rings. The predicted molar refractivity (Wildman–Crippen MR) is 126 cm³/mol. The van der Waals surface area contributed by atoms with Gasteiger partial charge in [-0.05, 0) is 55.8 Å². The number of aromatic nitrogens is 2. The lowest BCUT2D eigenvalue weighted by molar-refractivity contribution is -0.139. The van der Waals surface area contributed by atoms with Crippen molar-refractivity contribution in [3.8, 4) is 5.75 Å². The Bertz CT molecular complexity index is 1100. The van der Waals surface area contributed by atoms with Gasteiger partial charge in [0.05, 0.1) is 0 Å². The number of piperazine rings is 1. The Hall–Kier alpha value is -3.94. The van der Waals surface area contributed by atoms with E-state index >= 15 is 0 Å². The van der Waals surface area contributed by atoms with E-state index in [4.69, 9.17) is 4.74 Å². The number of amides is 2. The molecule has 1 saturated heterocycles. The van der Waals surface area contributed by atoms with Crippen molar-refractivity contribution in [3.05, 3.63) is 78.1 Å². The Morgan fingerprint density at radius 1 is 0.909 bits per heavy atom. The summed E-state index contributed by atoms with van der Waals surface area (Å²) in [7, 11) is 0. The second-order valence-corrected chi connectivity index (χ2v) is 7.92. The van der Waals surface area contributed by atoms with Crippen molar-refractivity contribution in [2.75, 3.05) is 31.5 Å². The molecule has 2 amide bonds. The molecule has 0 spiro atoms. The maximum atomic E-state index is 12.9. The SMILES string of the molecule is Cc1ccccc1OC(C)C(=O)N1CCN(C(=O)c2ccc(Nc3ncccn3)cc2)CC1. The first-order valence-electron chi connectivity index (χ1n) is 11.0. The summed E-state index contributed by atoms with van der Waals surface area (Å²) >= 11 is 0. The molecule has 0 saturated carbocycles. The van der Waals surface area contributed by atoms with Crippen LogP contribution in [0, 0.1) is 6.92 Å². The minimum Gasteiger partial charge on any atom is -0.481 e. The van der Waals surface area contributed by atoms with Crippen LogP contribution in [-0.4, -0.2) is 63.9 Å². The van der Waals surface area contributed by atoms with Crippen LogP contribution in [0.2, 0.25) is 0 Å². The number of nitrogens with one attached hydrogen (secondary N) is 1. The second kappa shape index (κ2) is 10.1. The number of hydrogen-bond donors (Lipinski definition) is 1. The van der Waals surface area contributed by atoms with E-state index in [-0.39, 0.29) is 11.8 Å². The second-order valence-electron chi connectivity index (χ2n) is 7.92. The van der Waals surface area contributed by atoms with Crippen LogP contribution in [0.1, 0.15) is 22.8 Å². The predicted octanol–water partition coefficient (Wildman–Crippen LogP) is 3.28. The molecule has 0 radical (unpaired) electrons. The molecule has 1 aromatic heterocycles. The van der Waals surface area contributed by atoms with E-state index in [0.717, 1.165) is 11.3 Å². The van der Waals surface area contributed by atoms with Crippen LogP contribution in [0.25, 0.3) is 0 Å². The molecule has 0 bridgehead atoms. The fraction of sp³-hybridized carbons (Fsp3) is 0.280. The van der Waals surface area contributed by atoms with E-state index in [2.05, 4.69) is 15.3 Å². The summed E-state index contributed by atoms with van der Waals surface area (Å²) in [6, 6.07) is 16.6. The molecule has 3 aromatic rings. The lowest BCUT2D eigenvalue weighted by Crippen LogP contribution is -2.53. The molecular formula is C25H27N5O3. The minimum absolute atomic E-state index is 0.0474. The molecular weight excluding hydrogens is 418 g/mol. The fourth-order valence-electron chi connectivity index (χ4n) is 3.69. The van der Waals surface area contributed by atoms with Crippen molar-refractivity contribution in [1.82, 2.24) is 19.8 Å². The third kappa shape index (κ3) is 5.46. The molecule has 8 heteroatoms.